The predicted octanol–water partition coefficient (Wildman–Crippen LogP) is 3.48. The molecule has 2 amide bonds. The molecule has 2 N–H and O–H groups in total. The van der Waals surface area contributed by atoms with E-state index >= 15 is 0 Å². The van der Waals surface area contributed by atoms with Gasteiger partial charge in [0.1, 0.15) is 5.76 Å². The van der Waals surface area contributed by atoms with Crippen LogP contribution in [0.1, 0.15) is 16.1 Å². The van der Waals surface area contributed by atoms with Gasteiger partial charge in [-0.05, 0) is 13.0 Å². The van der Waals surface area contributed by atoms with Crippen LogP contribution in [0.2, 0.25) is 0 Å². The van der Waals surface area contributed by atoms with E-state index in [1.807, 2.05) is 48.1 Å². The molecule has 152 valence electrons. The van der Waals surface area contributed by atoms with Gasteiger partial charge in [0.05, 0.1) is 28.9 Å². The molecule has 3 heterocycles. The van der Waals surface area contributed by atoms with Crippen molar-refractivity contribution in [3.63, 3.8) is 0 Å². The standard InChI is InChI=1S/C21H19N5O3S/c1-13-15(8-11-29-13)20(28)23-12-16(27)24-21-25-17(14-6-4-3-5-7-14)18(30-21)19-22-9-10-26(19)2/h3-11H,12H2,1-2H3,(H,23,28)(H,24,25,27). The van der Waals surface area contributed by atoms with Gasteiger partial charge in [-0.1, -0.05) is 41.7 Å². The maximum absolute atomic E-state index is 12.4. The molecule has 0 bridgehead atoms. The van der Waals surface area contributed by atoms with E-state index in [0.29, 0.717) is 16.5 Å². The molecule has 0 atom stereocenters. The lowest BCUT2D eigenvalue weighted by molar-refractivity contribution is -0.115. The van der Waals surface area contributed by atoms with Gasteiger partial charge in [-0.3, -0.25) is 9.59 Å². The summed E-state index contributed by atoms with van der Waals surface area (Å²) in [6, 6.07) is 11.3. The third-order valence-electron chi connectivity index (χ3n) is 4.46. The zero-order valence-electron chi connectivity index (χ0n) is 16.4. The summed E-state index contributed by atoms with van der Waals surface area (Å²) in [7, 11) is 1.91. The molecule has 1 aromatic carbocycles. The molecule has 8 nitrogen and oxygen atoms in total. The Morgan fingerprint density at radius 2 is 2.00 bits per heavy atom. The van der Waals surface area contributed by atoms with Gasteiger partial charge in [-0.2, -0.15) is 0 Å². The Hall–Kier alpha value is -3.72. The molecule has 4 rings (SSSR count). The largest absolute Gasteiger partial charge is 0.469 e. The molecule has 0 saturated heterocycles. The van der Waals surface area contributed by atoms with E-state index in [1.54, 1.807) is 19.2 Å². The molecule has 0 saturated carbocycles. The summed E-state index contributed by atoms with van der Waals surface area (Å²) < 4.78 is 7.02. The van der Waals surface area contributed by atoms with Crippen molar-refractivity contribution in [3.05, 3.63) is 66.4 Å². The van der Waals surface area contributed by atoms with Crippen molar-refractivity contribution >= 4 is 28.3 Å². The highest BCUT2D eigenvalue weighted by molar-refractivity contribution is 7.19. The van der Waals surface area contributed by atoms with Crippen molar-refractivity contribution in [2.24, 2.45) is 7.05 Å². The fraction of sp³-hybridized carbons (Fsp3) is 0.143. The number of carbonyl (C=O) groups excluding carboxylic acids is 2. The molecule has 4 aromatic rings. The number of nitrogens with one attached hydrogen (secondary N) is 2. The molecule has 0 spiro atoms. The number of carbonyl (C=O) groups is 2. The second-order valence-corrected chi connectivity index (χ2v) is 7.54. The van der Waals surface area contributed by atoms with Crippen LogP contribution < -0.4 is 10.6 Å². The molecular weight excluding hydrogens is 402 g/mol. The van der Waals surface area contributed by atoms with E-state index < -0.39 is 0 Å². The first-order chi connectivity index (χ1) is 14.5. The molecule has 0 radical (unpaired) electrons. The summed E-state index contributed by atoms with van der Waals surface area (Å²) >= 11 is 1.33. The van der Waals surface area contributed by atoms with Crippen LogP contribution in [0, 0.1) is 6.92 Å². The summed E-state index contributed by atoms with van der Waals surface area (Å²) in [4.78, 5) is 34.4. The zero-order valence-corrected chi connectivity index (χ0v) is 17.2. The Bertz CT molecular complexity index is 1190. The summed E-state index contributed by atoms with van der Waals surface area (Å²) in [6.45, 7) is 1.51. The molecule has 0 unspecified atom stereocenters. The maximum atomic E-state index is 12.4. The number of hydrogen-bond donors (Lipinski definition) is 2. The number of rotatable bonds is 6. The van der Waals surface area contributed by atoms with Gasteiger partial charge >= 0.3 is 0 Å². The second kappa shape index (κ2) is 8.34. The van der Waals surface area contributed by atoms with Crippen LogP contribution in [-0.4, -0.2) is 32.9 Å². The first-order valence-corrected chi connectivity index (χ1v) is 10.0. The molecule has 9 heteroatoms. The van der Waals surface area contributed by atoms with Gasteiger partial charge in [0.15, 0.2) is 11.0 Å². The minimum absolute atomic E-state index is 0.179. The minimum atomic E-state index is -0.371. The number of hydrogen-bond acceptors (Lipinski definition) is 6. The Morgan fingerprint density at radius 3 is 2.67 bits per heavy atom. The third-order valence-corrected chi connectivity index (χ3v) is 5.42. The van der Waals surface area contributed by atoms with Crippen molar-refractivity contribution in [2.75, 3.05) is 11.9 Å². The van der Waals surface area contributed by atoms with Crippen LogP contribution in [0.3, 0.4) is 0 Å². The summed E-state index contributed by atoms with van der Waals surface area (Å²) in [6.07, 6.45) is 5.01. The molecule has 0 aliphatic rings. The van der Waals surface area contributed by atoms with Gasteiger partial charge in [0, 0.05) is 25.0 Å². The summed E-state index contributed by atoms with van der Waals surface area (Å²) in [5.74, 6) is 0.522. The number of nitrogens with zero attached hydrogens (tertiary/aromatic N) is 3. The molecule has 0 aliphatic heterocycles. The van der Waals surface area contributed by atoms with Crippen LogP contribution >= 0.6 is 11.3 Å². The van der Waals surface area contributed by atoms with Gasteiger partial charge in [-0.25, -0.2) is 9.97 Å². The fourth-order valence-electron chi connectivity index (χ4n) is 2.94. The number of furan rings is 1. The summed E-state index contributed by atoms with van der Waals surface area (Å²) in [5, 5.41) is 5.78. The number of anilines is 1. The van der Waals surface area contributed by atoms with Crippen molar-refractivity contribution in [1.29, 1.82) is 0 Å². The van der Waals surface area contributed by atoms with Crippen LogP contribution in [0.5, 0.6) is 0 Å². The van der Waals surface area contributed by atoms with E-state index in [9.17, 15) is 9.59 Å². The molecule has 0 aliphatic carbocycles. The number of benzene rings is 1. The van der Waals surface area contributed by atoms with Crippen LogP contribution in [0.4, 0.5) is 5.13 Å². The van der Waals surface area contributed by atoms with E-state index in [2.05, 4.69) is 20.6 Å². The van der Waals surface area contributed by atoms with E-state index in [1.165, 1.54) is 17.6 Å². The van der Waals surface area contributed by atoms with Crippen molar-refractivity contribution < 1.29 is 14.0 Å². The third kappa shape index (κ3) is 4.01. The Labute approximate surface area is 176 Å². The Balaban J connectivity index is 1.52. The monoisotopic (exact) mass is 421 g/mol. The second-order valence-electron chi connectivity index (χ2n) is 6.55. The smallest absolute Gasteiger partial charge is 0.255 e. The molecule has 0 fully saturated rings. The first kappa shape index (κ1) is 19.6. The lowest BCUT2D eigenvalue weighted by Gasteiger charge is -2.04. The summed E-state index contributed by atoms with van der Waals surface area (Å²) in [5.41, 5.74) is 2.07. The number of aryl methyl sites for hydroxylation is 2. The topological polar surface area (TPSA) is 102 Å². The average Bonchev–Trinajstić information content (AvgIpc) is 3.46. The Morgan fingerprint density at radius 1 is 1.20 bits per heavy atom. The van der Waals surface area contributed by atoms with Crippen molar-refractivity contribution in [2.45, 2.75) is 6.92 Å². The highest BCUT2D eigenvalue weighted by atomic mass is 32.1. The van der Waals surface area contributed by atoms with Gasteiger partial charge < -0.3 is 19.6 Å². The van der Waals surface area contributed by atoms with Gasteiger partial charge in [0.2, 0.25) is 5.91 Å². The molecular formula is C21H19N5O3S. The SMILES string of the molecule is Cc1occc1C(=O)NCC(=O)Nc1nc(-c2ccccc2)c(-c2nccn2C)s1. The van der Waals surface area contributed by atoms with Gasteiger partial charge in [0.25, 0.3) is 5.91 Å². The normalized spacial score (nSPS) is 10.7. The highest BCUT2D eigenvalue weighted by Gasteiger charge is 2.19. The first-order valence-electron chi connectivity index (χ1n) is 9.19. The lowest BCUT2D eigenvalue weighted by Crippen LogP contribution is -2.32. The Kier molecular flexibility index (Phi) is 5.44. The van der Waals surface area contributed by atoms with E-state index in [0.717, 1.165) is 22.0 Å². The van der Waals surface area contributed by atoms with E-state index in [4.69, 9.17) is 4.42 Å². The van der Waals surface area contributed by atoms with Crippen molar-refractivity contribution in [3.8, 4) is 22.0 Å². The van der Waals surface area contributed by atoms with Gasteiger partial charge in [-0.15, -0.1) is 0 Å². The maximum Gasteiger partial charge on any atom is 0.255 e. The molecule has 3 aromatic heterocycles. The minimum Gasteiger partial charge on any atom is -0.469 e. The average molecular weight is 421 g/mol. The highest BCUT2D eigenvalue weighted by Crippen LogP contribution is 2.37. The quantitative estimate of drug-likeness (QED) is 0.496. The number of aromatic nitrogens is 3. The number of imidazole rings is 1. The van der Waals surface area contributed by atoms with Crippen LogP contribution in [0.25, 0.3) is 22.0 Å². The van der Waals surface area contributed by atoms with E-state index in [-0.39, 0.29) is 18.4 Å². The number of amides is 2. The van der Waals surface area contributed by atoms with Crippen molar-refractivity contribution in [1.82, 2.24) is 19.9 Å². The number of thiazole rings is 1. The fourth-order valence-corrected chi connectivity index (χ4v) is 3.98. The lowest BCUT2D eigenvalue weighted by atomic mass is 10.1. The zero-order chi connectivity index (χ0) is 21.1. The van der Waals surface area contributed by atoms with Crippen LogP contribution in [-0.2, 0) is 11.8 Å². The predicted molar refractivity (Wildman–Crippen MR) is 114 cm³/mol. The molecule has 30 heavy (non-hydrogen) atoms. The van der Waals surface area contributed by atoms with Crippen LogP contribution in [0.15, 0.2) is 59.5 Å².